The van der Waals surface area contributed by atoms with Crippen molar-refractivity contribution in [2.45, 2.75) is 6.92 Å². The highest BCUT2D eigenvalue weighted by Crippen LogP contribution is 2.37. The molecule has 2 rings (SSSR count). The van der Waals surface area contributed by atoms with Gasteiger partial charge in [-0.25, -0.2) is 15.8 Å². The second kappa shape index (κ2) is 6.47. The Balaban J connectivity index is 2.43. The zero-order valence-corrected chi connectivity index (χ0v) is 12.7. The Bertz CT molecular complexity index is 651. The van der Waals surface area contributed by atoms with Crippen LogP contribution in [0, 0.1) is 6.92 Å². The summed E-state index contributed by atoms with van der Waals surface area (Å²) in [5.74, 6) is 7.64. The number of hydrogen-bond donors (Lipinski definition) is 3. The second-order valence-electron chi connectivity index (χ2n) is 4.15. The lowest BCUT2D eigenvalue weighted by Gasteiger charge is -2.15. The van der Waals surface area contributed by atoms with Crippen LogP contribution in [0.5, 0.6) is 11.5 Å². The molecule has 0 fully saturated rings. The lowest BCUT2D eigenvalue weighted by atomic mass is 10.2. The molecule has 0 amide bonds. The van der Waals surface area contributed by atoms with E-state index in [1.165, 1.54) is 6.33 Å². The third kappa shape index (κ3) is 3.09. The molecule has 0 unspecified atom stereocenters. The molecule has 0 spiro atoms. The summed E-state index contributed by atoms with van der Waals surface area (Å²) >= 11 is 6.08. The zero-order valence-electron chi connectivity index (χ0n) is 11.9. The van der Waals surface area contributed by atoms with Gasteiger partial charge in [-0.05, 0) is 6.92 Å². The molecule has 0 atom stereocenters. The molecule has 1 aromatic heterocycles. The normalized spacial score (nSPS) is 10.1. The van der Waals surface area contributed by atoms with Gasteiger partial charge < -0.3 is 20.2 Å². The van der Waals surface area contributed by atoms with Crippen molar-refractivity contribution < 1.29 is 9.47 Å². The standard InChI is InChI=1S/C13H16ClN5O2/c1-7-12(16-6-17-13(7)19-15)18-9-5-10(20-2)8(14)4-11(9)21-3/h4-6H,15H2,1-3H3,(H2,16,17,18,19). The molecule has 0 radical (unpaired) electrons. The number of benzene rings is 1. The molecule has 0 aliphatic carbocycles. The number of methoxy groups -OCH3 is 2. The molecule has 1 aromatic carbocycles. The molecule has 4 N–H and O–H groups in total. The number of hydrazine groups is 1. The summed E-state index contributed by atoms with van der Waals surface area (Å²) in [7, 11) is 3.10. The number of rotatable bonds is 5. The topological polar surface area (TPSA) is 94.3 Å². The van der Waals surface area contributed by atoms with Crippen LogP contribution >= 0.6 is 11.6 Å². The minimum absolute atomic E-state index is 0.462. The van der Waals surface area contributed by atoms with E-state index in [9.17, 15) is 0 Å². The van der Waals surface area contributed by atoms with Crippen molar-refractivity contribution in [2.24, 2.45) is 5.84 Å². The van der Waals surface area contributed by atoms with E-state index in [4.69, 9.17) is 26.9 Å². The van der Waals surface area contributed by atoms with Crippen LogP contribution in [0.15, 0.2) is 18.5 Å². The van der Waals surface area contributed by atoms with Crippen LogP contribution in [-0.4, -0.2) is 24.2 Å². The van der Waals surface area contributed by atoms with Crippen molar-refractivity contribution in [1.29, 1.82) is 0 Å². The maximum absolute atomic E-state index is 6.08. The molecular formula is C13H16ClN5O2. The van der Waals surface area contributed by atoms with E-state index in [0.29, 0.717) is 33.8 Å². The summed E-state index contributed by atoms with van der Waals surface area (Å²) in [5, 5.41) is 3.62. The van der Waals surface area contributed by atoms with Crippen LogP contribution in [0.1, 0.15) is 5.56 Å². The quantitative estimate of drug-likeness (QED) is 0.577. The van der Waals surface area contributed by atoms with Crippen LogP contribution in [-0.2, 0) is 0 Å². The monoisotopic (exact) mass is 309 g/mol. The van der Waals surface area contributed by atoms with E-state index in [2.05, 4.69) is 20.7 Å². The molecule has 0 saturated heterocycles. The number of anilines is 3. The number of nitrogens with zero attached hydrogens (tertiary/aromatic N) is 2. The Morgan fingerprint density at radius 2 is 1.76 bits per heavy atom. The molecule has 0 aliphatic heterocycles. The highest BCUT2D eigenvalue weighted by atomic mass is 35.5. The average Bonchev–Trinajstić information content (AvgIpc) is 2.50. The molecule has 8 heteroatoms. The first-order valence-corrected chi connectivity index (χ1v) is 6.45. The van der Waals surface area contributed by atoms with E-state index in [1.807, 2.05) is 6.92 Å². The number of nitrogen functional groups attached to an aromatic ring is 1. The maximum atomic E-state index is 6.08. The van der Waals surface area contributed by atoms with Gasteiger partial charge in [0.2, 0.25) is 0 Å². The molecule has 21 heavy (non-hydrogen) atoms. The summed E-state index contributed by atoms with van der Waals surface area (Å²) in [6.45, 7) is 1.84. The molecule has 112 valence electrons. The van der Waals surface area contributed by atoms with E-state index in [-0.39, 0.29) is 0 Å². The van der Waals surface area contributed by atoms with E-state index >= 15 is 0 Å². The summed E-state index contributed by atoms with van der Waals surface area (Å²) in [6, 6.07) is 3.40. The van der Waals surface area contributed by atoms with Gasteiger partial charge in [0.05, 0.1) is 24.9 Å². The number of aromatic nitrogens is 2. The molecule has 2 aromatic rings. The Morgan fingerprint density at radius 3 is 2.38 bits per heavy atom. The fourth-order valence-corrected chi connectivity index (χ4v) is 2.04. The average molecular weight is 310 g/mol. The summed E-state index contributed by atoms with van der Waals surface area (Å²) < 4.78 is 10.5. The van der Waals surface area contributed by atoms with Crippen molar-refractivity contribution in [1.82, 2.24) is 9.97 Å². The number of hydrogen-bond acceptors (Lipinski definition) is 7. The highest BCUT2D eigenvalue weighted by molar-refractivity contribution is 6.32. The molecule has 1 heterocycles. The third-order valence-electron chi connectivity index (χ3n) is 2.95. The molecule has 0 saturated carbocycles. The highest BCUT2D eigenvalue weighted by Gasteiger charge is 2.13. The lowest BCUT2D eigenvalue weighted by Crippen LogP contribution is -2.11. The first kappa shape index (κ1) is 15.1. The van der Waals surface area contributed by atoms with Gasteiger partial charge in [0.1, 0.15) is 29.5 Å². The molecule has 0 aliphatic rings. The predicted molar refractivity (Wildman–Crippen MR) is 82.4 cm³/mol. The Labute approximate surface area is 127 Å². The van der Waals surface area contributed by atoms with E-state index < -0.39 is 0 Å². The predicted octanol–water partition coefficient (Wildman–Crippen LogP) is 2.48. The number of nitrogens with two attached hydrogens (primary N) is 1. The SMILES string of the molecule is COc1cc(Nc2ncnc(NN)c2C)c(OC)cc1Cl. The smallest absolute Gasteiger partial charge is 0.148 e. The van der Waals surface area contributed by atoms with Crippen molar-refractivity contribution in [3.63, 3.8) is 0 Å². The summed E-state index contributed by atoms with van der Waals surface area (Å²) in [4.78, 5) is 8.21. The van der Waals surface area contributed by atoms with Gasteiger partial charge in [-0.15, -0.1) is 0 Å². The van der Waals surface area contributed by atoms with Gasteiger partial charge in [-0.2, -0.15) is 0 Å². The van der Waals surface area contributed by atoms with Crippen molar-refractivity contribution in [3.05, 3.63) is 29.0 Å². The van der Waals surface area contributed by atoms with Gasteiger partial charge in [-0.1, -0.05) is 11.6 Å². The fourth-order valence-electron chi connectivity index (χ4n) is 1.81. The Kier molecular flexibility index (Phi) is 4.66. The zero-order chi connectivity index (χ0) is 15.4. The van der Waals surface area contributed by atoms with Gasteiger partial charge in [0.25, 0.3) is 0 Å². The first-order valence-electron chi connectivity index (χ1n) is 6.07. The third-order valence-corrected chi connectivity index (χ3v) is 3.24. The largest absolute Gasteiger partial charge is 0.495 e. The van der Waals surface area contributed by atoms with Gasteiger partial charge >= 0.3 is 0 Å². The van der Waals surface area contributed by atoms with Crippen molar-refractivity contribution in [2.75, 3.05) is 25.0 Å². The van der Waals surface area contributed by atoms with Crippen molar-refractivity contribution >= 4 is 28.9 Å². The lowest BCUT2D eigenvalue weighted by molar-refractivity contribution is 0.405. The van der Waals surface area contributed by atoms with E-state index in [0.717, 1.165) is 5.56 Å². The Morgan fingerprint density at radius 1 is 1.10 bits per heavy atom. The van der Waals surface area contributed by atoms with Gasteiger partial charge in [0.15, 0.2) is 0 Å². The fraction of sp³-hybridized carbons (Fsp3) is 0.231. The van der Waals surface area contributed by atoms with Crippen LogP contribution in [0.25, 0.3) is 0 Å². The summed E-state index contributed by atoms with van der Waals surface area (Å²) in [5.41, 5.74) is 3.96. The number of halogens is 1. The van der Waals surface area contributed by atoms with Crippen LogP contribution in [0.4, 0.5) is 17.3 Å². The molecule has 7 nitrogen and oxygen atoms in total. The van der Waals surface area contributed by atoms with Crippen LogP contribution in [0.2, 0.25) is 5.02 Å². The summed E-state index contributed by atoms with van der Waals surface area (Å²) in [6.07, 6.45) is 1.41. The van der Waals surface area contributed by atoms with Crippen LogP contribution < -0.4 is 26.1 Å². The number of nitrogens with one attached hydrogen (secondary N) is 2. The van der Waals surface area contributed by atoms with Gasteiger partial charge in [0, 0.05) is 17.7 Å². The second-order valence-corrected chi connectivity index (χ2v) is 4.56. The molecular weight excluding hydrogens is 294 g/mol. The van der Waals surface area contributed by atoms with Crippen LogP contribution in [0.3, 0.4) is 0 Å². The molecule has 0 bridgehead atoms. The minimum atomic E-state index is 0.462. The number of ether oxygens (including phenoxy) is 2. The van der Waals surface area contributed by atoms with Gasteiger partial charge in [-0.3, -0.25) is 0 Å². The first-order chi connectivity index (χ1) is 10.1. The minimum Gasteiger partial charge on any atom is -0.495 e. The maximum Gasteiger partial charge on any atom is 0.148 e. The van der Waals surface area contributed by atoms with E-state index in [1.54, 1.807) is 26.4 Å². The van der Waals surface area contributed by atoms with Crippen molar-refractivity contribution in [3.8, 4) is 11.5 Å². The Hall–Kier alpha value is -2.25.